The average Bonchev–Trinajstić information content (AvgIpc) is 2.29. The van der Waals surface area contributed by atoms with Crippen LogP contribution in [0.1, 0.15) is 60.8 Å². The molecule has 0 spiro atoms. The predicted octanol–water partition coefficient (Wildman–Crippen LogP) is 4.98. The molecular weight excluding hydrogens is 240 g/mol. The van der Waals surface area contributed by atoms with Crippen LogP contribution >= 0.6 is 0 Å². The zero-order valence-corrected chi connectivity index (χ0v) is 14.8. The third-order valence-electron chi connectivity index (χ3n) is 4.32. The maximum atomic E-state index is 6.00. The van der Waals surface area contributed by atoms with E-state index in [1.54, 1.807) is 0 Å². The second-order valence-corrected chi connectivity index (χ2v) is 10.6. The lowest BCUT2D eigenvalue weighted by Crippen LogP contribution is -2.51. The molecule has 110 valence electrons. The highest BCUT2D eigenvalue weighted by molar-refractivity contribution is 6.70. The van der Waals surface area contributed by atoms with Gasteiger partial charge in [0.1, 0.15) is 0 Å². The van der Waals surface area contributed by atoms with Gasteiger partial charge >= 0.3 is 8.56 Å². The Labute approximate surface area is 116 Å². The van der Waals surface area contributed by atoms with Crippen LogP contribution in [0.2, 0.25) is 11.1 Å². The third-order valence-corrected chi connectivity index (χ3v) is 9.02. The molecule has 0 aromatic rings. The van der Waals surface area contributed by atoms with E-state index < -0.39 is 8.56 Å². The van der Waals surface area contributed by atoms with Gasteiger partial charge in [-0.05, 0) is 24.3 Å². The Morgan fingerprint density at radius 1 is 1.00 bits per heavy atom. The van der Waals surface area contributed by atoms with Crippen molar-refractivity contribution in [2.24, 2.45) is 11.8 Å². The molecule has 0 N–H and O–H groups in total. The van der Waals surface area contributed by atoms with Crippen molar-refractivity contribution in [3.63, 3.8) is 0 Å². The van der Waals surface area contributed by atoms with E-state index in [1.165, 1.54) is 19.3 Å². The monoisotopic (exact) mass is 274 g/mol. The SMILES string of the molecule is CCC(CC)C[Si](OC)(OC)C(C)(C)CC(C)C. The third kappa shape index (κ3) is 4.36. The van der Waals surface area contributed by atoms with Crippen molar-refractivity contribution < 1.29 is 8.85 Å². The molecule has 0 atom stereocenters. The summed E-state index contributed by atoms with van der Waals surface area (Å²) in [5, 5.41) is 0.160. The minimum absolute atomic E-state index is 0.160. The molecular formula is C15H34O2Si. The zero-order chi connectivity index (χ0) is 14.4. The Kier molecular flexibility index (Phi) is 7.72. The van der Waals surface area contributed by atoms with Crippen molar-refractivity contribution in [3.8, 4) is 0 Å². The fourth-order valence-corrected chi connectivity index (χ4v) is 7.43. The number of hydrogen-bond acceptors (Lipinski definition) is 2. The Hall–Kier alpha value is 0.137. The molecule has 0 fully saturated rings. The van der Waals surface area contributed by atoms with Gasteiger partial charge in [-0.2, -0.15) is 0 Å². The van der Waals surface area contributed by atoms with Crippen molar-refractivity contribution in [1.29, 1.82) is 0 Å². The normalized spacial score (nSPS) is 13.7. The van der Waals surface area contributed by atoms with Crippen molar-refractivity contribution in [3.05, 3.63) is 0 Å². The maximum Gasteiger partial charge on any atom is 0.343 e. The summed E-state index contributed by atoms with van der Waals surface area (Å²) in [6, 6.07) is 1.12. The van der Waals surface area contributed by atoms with Crippen molar-refractivity contribution in [2.75, 3.05) is 14.2 Å². The van der Waals surface area contributed by atoms with Gasteiger partial charge in [-0.25, -0.2) is 0 Å². The lowest BCUT2D eigenvalue weighted by Gasteiger charge is -2.44. The first-order chi connectivity index (χ1) is 8.28. The van der Waals surface area contributed by atoms with E-state index in [4.69, 9.17) is 8.85 Å². The quantitative estimate of drug-likeness (QED) is 0.552. The number of rotatable bonds is 9. The molecule has 0 rings (SSSR count). The van der Waals surface area contributed by atoms with Crippen LogP contribution in [0, 0.1) is 11.8 Å². The molecule has 0 radical (unpaired) electrons. The molecule has 0 aliphatic carbocycles. The van der Waals surface area contributed by atoms with Crippen molar-refractivity contribution in [2.45, 2.75) is 71.9 Å². The topological polar surface area (TPSA) is 18.5 Å². The van der Waals surface area contributed by atoms with Crippen LogP contribution in [-0.4, -0.2) is 22.8 Å². The molecule has 3 heteroatoms. The largest absolute Gasteiger partial charge is 0.397 e. The molecule has 0 saturated heterocycles. The van der Waals surface area contributed by atoms with Gasteiger partial charge in [0.2, 0.25) is 0 Å². The molecule has 0 unspecified atom stereocenters. The van der Waals surface area contributed by atoms with E-state index in [0.717, 1.165) is 12.0 Å². The Bertz CT molecular complexity index is 219. The van der Waals surface area contributed by atoms with E-state index in [1.807, 2.05) is 14.2 Å². The van der Waals surface area contributed by atoms with Crippen LogP contribution < -0.4 is 0 Å². The molecule has 0 aromatic heterocycles. The van der Waals surface area contributed by atoms with E-state index >= 15 is 0 Å². The van der Waals surface area contributed by atoms with Gasteiger partial charge in [0.25, 0.3) is 0 Å². The smallest absolute Gasteiger partial charge is 0.343 e. The Morgan fingerprint density at radius 3 is 1.72 bits per heavy atom. The summed E-state index contributed by atoms with van der Waals surface area (Å²) in [7, 11) is 1.56. The van der Waals surface area contributed by atoms with Crippen molar-refractivity contribution >= 4 is 8.56 Å². The molecule has 0 bridgehead atoms. The van der Waals surface area contributed by atoms with Gasteiger partial charge < -0.3 is 8.85 Å². The first kappa shape index (κ1) is 18.1. The summed E-state index contributed by atoms with van der Waals surface area (Å²) in [6.45, 7) is 13.8. The molecule has 0 aromatic carbocycles. The molecule has 0 aliphatic rings. The van der Waals surface area contributed by atoms with Gasteiger partial charge in [-0.15, -0.1) is 0 Å². The summed E-state index contributed by atoms with van der Waals surface area (Å²) in [4.78, 5) is 0. The van der Waals surface area contributed by atoms with Gasteiger partial charge in [0.05, 0.1) is 0 Å². The second kappa shape index (κ2) is 7.66. The summed E-state index contributed by atoms with van der Waals surface area (Å²) in [5.74, 6) is 1.40. The average molecular weight is 275 g/mol. The van der Waals surface area contributed by atoms with E-state index in [0.29, 0.717) is 5.92 Å². The summed E-state index contributed by atoms with van der Waals surface area (Å²) >= 11 is 0. The van der Waals surface area contributed by atoms with Gasteiger partial charge in [0.15, 0.2) is 0 Å². The second-order valence-electron chi connectivity index (χ2n) is 6.53. The summed E-state index contributed by atoms with van der Waals surface area (Å²) in [6.07, 6.45) is 3.60. The minimum atomic E-state index is -2.14. The summed E-state index contributed by atoms with van der Waals surface area (Å²) < 4.78 is 12.0. The van der Waals surface area contributed by atoms with Gasteiger partial charge in [-0.3, -0.25) is 0 Å². The van der Waals surface area contributed by atoms with Crippen molar-refractivity contribution in [1.82, 2.24) is 0 Å². The highest BCUT2D eigenvalue weighted by atomic mass is 28.4. The first-order valence-corrected chi connectivity index (χ1v) is 9.41. The van der Waals surface area contributed by atoms with E-state index in [9.17, 15) is 0 Å². The number of hydrogen-bond donors (Lipinski definition) is 0. The van der Waals surface area contributed by atoms with Crippen LogP contribution in [0.3, 0.4) is 0 Å². The van der Waals surface area contributed by atoms with Crippen LogP contribution in [0.5, 0.6) is 0 Å². The Balaban J connectivity index is 5.10. The molecule has 2 nitrogen and oxygen atoms in total. The van der Waals surface area contributed by atoms with E-state index in [-0.39, 0.29) is 5.04 Å². The van der Waals surface area contributed by atoms with E-state index in [2.05, 4.69) is 41.5 Å². The summed E-state index contributed by atoms with van der Waals surface area (Å²) in [5.41, 5.74) is 0. The van der Waals surface area contributed by atoms with Gasteiger partial charge in [-0.1, -0.05) is 54.4 Å². The molecule has 18 heavy (non-hydrogen) atoms. The standard InChI is InChI=1S/C15H34O2Si/c1-9-14(10-2)12-18(16-7,17-8)15(5,6)11-13(3)4/h13-14H,9-12H2,1-8H3. The fourth-order valence-electron chi connectivity index (χ4n) is 3.21. The van der Waals surface area contributed by atoms with Crippen LogP contribution in [0.25, 0.3) is 0 Å². The maximum absolute atomic E-state index is 6.00. The van der Waals surface area contributed by atoms with Crippen LogP contribution in [-0.2, 0) is 8.85 Å². The zero-order valence-electron chi connectivity index (χ0n) is 13.8. The molecule has 0 amide bonds. The minimum Gasteiger partial charge on any atom is -0.397 e. The van der Waals surface area contributed by atoms with Crippen LogP contribution in [0.4, 0.5) is 0 Å². The fraction of sp³-hybridized carbons (Fsp3) is 1.00. The molecule has 0 saturated carbocycles. The van der Waals surface area contributed by atoms with Crippen LogP contribution in [0.15, 0.2) is 0 Å². The lowest BCUT2D eigenvalue weighted by molar-refractivity contribution is 0.191. The highest BCUT2D eigenvalue weighted by Crippen LogP contribution is 2.47. The highest BCUT2D eigenvalue weighted by Gasteiger charge is 2.51. The first-order valence-electron chi connectivity index (χ1n) is 7.38. The molecule has 0 aliphatic heterocycles. The molecule has 0 heterocycles. The van der Waals surface area contributed by atoms with Gasteiger partial charge in [0, 0.05) is 19.3 Å². The lowest BCUT2D eigenvalue weighted by atomic mass is 10.00. The Morgan fingerprint density at radius 2 is 1.44 bits per heavy atom. The predicted molar refractivity (Wildman–Crippen MR) is 82.1 cm³/mol.